The summed E-state index contributed by atoms with van der Waals surface area (Å²) in [6.45, 7) is 0. The minimum atomic E-state index is -0.109. The van der Waals surface area contributed by atoms with Crippen LogP contribution in [0, 0.1) is 5.92 Å². The molecule has 2 heterocycles. The Hall–Kier alpha value is -1.64. The molecule has 0 bridgehead atoms. The summed E-state index contributed by atoms with van der Waals surface area (Å²) in [4.78, 5) is 15.6. The van der Waals surface area contributed by atoms with Crippen molar-refractivity contribution in [2.75, 3.05) is 0 Å². The van der Waals surface area contributed by atoms with Gasteiger partial charge in [0.2, 0.25) is 0 Å². The number of aliphatic imine (C=N–C) groups is 1. The van der Waals surface area contributed by atoms with E-state index in [1.165, 1.54) is 5.57 Å². The number of allylic oxidation sites excluding steroid dienone is 5. The lowest BCUT2D eigenvalue weighted by atomic mass is 9.85. The lowest BCUT2D eigenvalue weighted by Crippen LogP contribution is -2.22. The van der Waals surface area contributed by atoms with Gasteiger partial charge in [-0.15, -0.1) is 0 Å². The molecule has 1 atom stereocenters. The van der Waals surface area contributed by atoms with E-state index in [-0.39, 0.29) is 5.97 Å². The van der Waals surface area contributed by atoms with Crippen LogP contribution in [0.4, 0.5) is 0 Å². The highest BCUT2D eigenvalue weighted by Gasteiger charge is 2.30. The molecule has 0 aromatic rings. The van der Waals surface area contributed by atoms with E-state index in [1.807, 2.05) is 12.2 Å². The molecular weight excluding hydrogens is 202 g/mol. The van der Waals surface area contributed by atoms with Gasteiger partial charge in [-0.1, -0.05) is 6.08 Å². The van der Waals surface area contributed by atoms with Crippen molar-refractivity contribution in [3.05, 3.63) is 35.3 Å². The first-order valence-electron chi connectivity index (χ1n) is 5.66. The smallest absolute Gasteiger partial charge is 0.310 e. The fourth-order valence-electron chi connectivity index (χ4n) is 2.40. The summed E-state index contributed by atoms with van der Waals surface area (Å²) in [6, 6.07) is 0. The van der Waals surface area contributed by atoms with Crippen LogP contribution in [0.1, 0.15) is 25.7 Å². The second-order valence-electron chi connectivity index (χ2n) is 4.36. The van der Waals surface area contributed by atoms with Gasteiger partial charge in [-0.3, -0.25) is 9.79 Å². The van der Waals surface area contributed by atoms with E-state index in [1.54, 1.807) is 6.21 Å². The number of hydrogen-bond donors (Lipinski definition) is 0. The zero-order valence-corrected chi connectivity index (χ0v) is 8.98. The van der Waals surface area contributed by atoms with Crippen molar-refractivity contribution in [1.82, 2.24) is 0 Å². The average molecular weight is 215 g/mol. The van der Waals surface area contributed by atoms with Gasteiger partial charge in [0.15, 0.2) is 0 Å². The molecule has 3 aliphatic rings. The third kappa shape index (κ3) is 1.62. The van der Waals surface area contributed by atoms with E-state index in [0.29, 0.717) is 12.3 Å². The van der Waals surface area contributed by atoms with Crippen LogP contribution in [0.15, 0.2) is 40.2 Å². The number of carbonyl (C=O) groups excluding carboxylic acids is 1. The lowest BCUT2D eigenvalue weighted by Gasteiger charge is -2.28. The van der Waals surface area contributed by atoms with E-state index < -0.39 is 0 Å². The number of rotatable bonds is 0. The summed E-state index contributed by atoms with van der Waals surface area (Å²) in [5.74, 6) is 1.09. The highest BCUT2D eigenvalue weighted by molar-refractivity contribution is 5.74. The SMILES string of the molecule is O=C1CCC2CC3=C(C=C2O1)N=CC=CC3. The van der Waals surface area contributed by atoms with Crippen molar-refractivity contribution in [1.29, 1.82) is 0 Å². The van der Waals surface area contributed by atoms with E-state index >= 15 is 0 Å². The molecule has 0 N–H and O–H groups in total. The zero-order valence-electron chi connectivity index (χ0n) is 8.98. The van der Waals surface area contributed by atoms with Crippen molar-refractivity contribution in [2.24, 2.45) is 10.9 Å². The Morgan fingerprint density at radius 2 is 2.38 bits per heavy atom. The van der Waals surface area contributed by atoms with Crippen molar-refractivity contribution in [3.63, 3.8) is 0 Å². The molecule has 0 radical (unpaired) electrons. The van der Waals surface area contributed by atoms with Gasteiger partial charge in [-0.05, 0) is 30.9 Å². The fraction of sp³-hybridized carbons (Fsp3) is 0.385. The van der Waals surface area contributed by atoms with Crippen molar-refractivity contribution in [2.45, 2.75) is 25.7 Å². The van der Waals surface area contributed by atoms with E-state index in [2.05, 4.69) is 11.1 Å². The molecule has 16 heavy (non-hydrogen) atoms. The Morgan fingerprint density at radius 1 is 1.44 bits per heavy atom. The number of fused-ring (bicyclic) bond motifs is 1. The monoisotopic (exact) mass is 215 g/mol. The van der Waals surface area contributed by atoms with E-state index in [4.69, 9.17) is 4.74 Å². The van der Waals surface area contributed by atoms with Gasteiger partial charge in [0.25, 0.3) is 0 Å². The number of ether oxygens (including phenoxy) is 1. The molecule has 0 saturated carbocycles. The molecule has 1 unspecified atom stereocenters. The van der Waals surface area contributed by atoms with Gasteiger partial charge in [0, 0.05) is 24.6 Å². The summed E-state index contributed by atoms with van der Waals surface area (Å²) in [6.07, 6.45) is 11.2. The fourth-order valence-corrected chi connectivity index (χ4v) is 2.40. The van der Waals surface area contributed by atoms with Gasteiger partial charge in [0.1, 0.15) is 5.76 Å². The molecule has 0 spiro atoms. The van der Waals surface area contributed by atoms with Crippen LogP contribution >= 0.6 is 0 Å². The Morgan fingerprint density at radius 3 is 3.31 bits per heavy atom. The van der Waals surface area contributed by atoms with Crippen LogP contribution in [-0.4, -0.2) is 12.2 Å². The molecule has 1 fully saturated rings. The molecule has 0 aromatic heterocycles. The van der Waals surface area contributed by atoms with Gasteiger partial charge >= 0.3 is 5.97 Å². The maximum atomic E-state index is 11.2. The largest absolute Gasteiger partial charge is 0.431 e. The number of carbonyl (C=O) groups is 1. The molecule has 2 aliphatic heterocycles. The predicted octanol–water partition coefficient (Wildman–Crippen LogP) is 2.51. The Balaban J connectivity index is 1.95. The first-order valence-corrected chi connectivity index (χ1v) is 5.66. The van der Waals surface area contributed by atoms with E-state index in [0.717, 1.165) is 30.7 Å². The normalized spacial score (nSPS) is 27.9. The quantitative estimate of drug-likeness (QED) is 0.582. The molecule has 82 valence electrons. The minimum absolute atomic E-state index is 0.109. The zero-order chi connectivity index (χ0) is 11.0. The van der Waals surface area contributed by atoms with Crippen LogP contribution in [0.2, 0.25) is 0 Å². The van der Waals surface area contributed by atoms with Crippen LogP contribution < -0.4 is 0 Å². The lowest BCUT2D eigenvalue weighted by molar-refractivity contribution is -0.143. The van der Waals surface area contributed by atoms with Crippen LogP contribution in [0.25, 0.3) is 0 Å². The highest BCUT2D eigenvalue weighted by atomic mass is 16.5. The Bertz CT molecular complexity index is 455. The predicted molar refractivity (Wildman–Crippen MR) is 60.8 cm³/mol. The highest BCUT2D eigenvalue weighted by Crippen LogP contribution is 2.38. The number of nitrogens with zero attached hydrogens (tertiary/aromatic N) is 1. The first kappa shape index (κ1) is 9.58. The molecular formula is C13H13NO2. The summed E-state index contributed by atoms with van der Waals surface area (Å²) < 4.78 is 5.27. The molecule has 1 aliphatic carbocycles. The Labute approximate surface area is 94.2 Å². The maximum Gasteiger partial charge on any atom is 0.310 e. The van der Waals surface area contributed by atoms with Gasteiger partial charge in [0.05, 0.1) is 5.70 Å². The molecule has 3 nitrogen and oxygen atoms in total. The number of hydrogen-bond acceptors (Lipinski definition) is 3. The Kier molecular flexibility index (Phi) is 2.24. The van der Waals surface area contributed by atoms with Gasteiger partial charge < -0.3 is 4.74 Å². The maximum absolute atomic E-state index is 11.2. The van der Waals surface area contributed by atoms with Crippen molar-refractivity contribution >= 4 is 12.2 Å². The average Bonchev–Trinajstić information content (AvgIpc) is 2.50. The second kappa shape index (κ2) is 3.74. The summed E-state index contributed by atoms with van der Waals surface area (Å²) in [7, 11) is 0. The molecule has 0 amide bonds. The van der Waals surface area contributed by atoms with Crippen molar-refractivity contribution in [3.8, 4) is 0 Å². The van der Waals surface area contributed by atoms with Gasteiger partial charge in [-0.2, -0.15) is 0 Å². The third-order valence-electron chi connectivity index (χ3n) is 3.27. The summed E-state index contributed by atoms with van der Waals surface area (Å²) >= 11 is 0. The van der Waals surface area contributed by atoms with Gasteiger partial charge in [-0.25, -0.2) is 0 Å². The second-order valence-corrected chi connectivity index (χ2v) is 4.36. The molecule has 1 saturated heterocycles. The van der Waals surface area contributed by atoms with E-state index in [9.17, 15) is 4.79 Å². The minimum Gasteiger partial charge on any atom is -0.431 e. The summed E-state index contributed by atoms with van der Waals surface area (Å²) in [5.41, 5.74) is 2.34. The summed E-state index contributed by atoms with van der Waals surface area (Å²) in [5, 5.41) is 0. The number of esters is 1. The topological polar surface area (TPSA) is 38.7 Å². The van der Waals surface area contributed by atoms with Crippen LogP contribution in [0.3, 0.4) is 0 Å². The van der Waals surface area contributed by atoms with Crippen molar-refractivity contribution < 1.29 is 9.53 Å². The third-order valence-corrected chi connectivity index (χ3v) is 3.27. The molecule has 3 heteroatoms. The first-order chi connectivity index (χ1) is 7.83. The van der Waals surface area contributed by atoms with Crippen LogP contribution in [-0.2, 0) is 9.53 Å². The standard InChI is InChI=1S/C13H13NO2/c15-13-5-4-10-7-9-3-1-2-6-14-11(9)8-12(10)16-13/h1-2,6,8,10H,3-5,7H2. The molecule has 0 aromatic carbocycles. The molecule has 3 rings (SSSR count). The van der Waals surface area contributed by atoms with Crippen LogP contribution in [0.5, 0.6) is 0 Å².